The number of hydrogen-bond donors (Lipinski definition) is 2. The highest BCUT2D eigenvalue weighted by atomic mass is 32.2. The Bertz CT molecular complexity index is 301. The van der Waals surface area contributed by atoms with Crippen molar-refractivity contribution in [2.24, 2.45) is 0 Å². The van der Waals surface area contributed by atoms with Gasteiger partial charge in [0.2, 0.25) is 0 Å². The number of unbranched alkanes of at least 4 members (excludes halogenated alkanes) is 9. The molecule has 0 saturated heterocycles. The first kappa shape index (κ1) is 19.9. The molecule has 1 atom stereocenters. The minimum atomic E-state index is -3.93. The molecule has 20 heavy (non-hydrogen) atoms. The fourth-order valence-electron chi connectivity index (χ4n) is 2.30. The van der Waals surface area contributed by atoms with E-state index in [1.54, 1.807) is 0 Å². The molecule has 0 aliphatic heterocycles. The lowest BCUT2D eigenvalue weighted by Crippen LogP contribution is -2.14. The lowest BCUT2D eigenvalue weighted by atomic mass is 10.0. The monoisotopic (exact) mass is 308 g/mol. The molecule has 0 saturated carbocycles. The van der Waals surface area contributed by atoms with E-state index in [4.69, 9.17) is 4.55 Å². The molecule has 0 aliphatic carbocycles. The highest BCUT2D eigenvalue weighted by Crippen LogP contribution is 2.13. The topological polar surface area (TPSA) is 74.6 Å². The molecule has 5 heteroatoms. The van der Waals surface area contributed by atoms with Crippen molar-refractivity contribution in [3.8, 4) is 0 Å². The molecule has 0 bridgehead atoms. The van der Waals surface area contributed by atoms with Gasteiger partial charge in [0, 0.05) is 0 Å². The molecule has 2 N–H and O–H groups in total. The number of aliphatic hydroxyl groups is 1. The van der Waals surface area contributed by atoms with Gasteiger partial charge in [-0.2, -0.15) is 8.42 Å². The molecule has 0 fully saturated rings. The molecule has 0 aromatic carbocycles. The van der Waals surface area contributed by atoms with Crippen molar-refractivity contribution in [2.75, 3.05) is 5.75 Å². The average molecular weight is 308 g/mol. The Kier molecular flexibility index (Phi) is 12.5. The first-order chi connectivity index (χ1) is 9.45. The summed E-state index contributed by atoms with van der Waals surface area (Å²) in [4.78, 5) is 0. The fraction of sp³-hybridized carbons (Fsp3) is 1.00. The Morgan fingerprint density at radius 1 is 0.800 bits per heavy atom. The molecule has 122 valence electrons. The molecule has 0 aliphatic rings. The number of hydrogen-bond acceptors (Lipinski definition) is 3. The van der Waals surface area contributed by atoms with E-state index >= 15 is 0 Å². The van der Waals surface area contributed by atoms with Gasteiger partial charge in [0.15, 0.2) is 0 Å². The van der Waals surface area contributed by atoms with Crippen molar-refractivity contribution in [1.29, 1.82) is 0 Å². The summed E-state index contributed by atoms with van der Waals surface area (Å²) in [7, 11) is -3.93. The standard InChI is InChI=1S/C15H32O4S/c1-2-3-4-5-6-7-8-9-10-11-12-15(16)13-14-20(17,18)19/h15-16H,2-14H2,1H3,(H,17,18,19). The van der Waals surface area contributed by atoms with E-state index in [2.05, 4.69) is 6.92 Å². The van der Waals surface area contributed by atoms with Gasteiger partial charge in [-0.3, -0.25) is 4.55 Å². The van der Waals surface area contributed by atoms with Crippen LogP contribution < -0.4 is 0 Å². The molecule has 0 aromatic rings. The molecule has 0 rings (SSSR count). The van der Waals surface area contributed by atoms with Gasteiger partial charge in [0.1, 0.15) is 0 Å². The molecule has 0 aromatic heterocycles. The first-order valence-corrected chi connectivity index (χ1v) is 9.70. The van der Waals surface area contributed by atoms with Gasteiger partial charge < -0.3 is 5.11 Å². The Hall–Kier alpha value is -0.130. The molecule has 0 heterocycles. The van der Waals surface area contributed by atoms with Gasteiger partial charge in [-0.05, 0) is 12.8 Å². The zero-order valence-electron chi connectivity index (χ0n) is 12.9. The van der Waals surface area contributed by atoms with Crippen LogP contribution in [0, 0.1) is 0 Å². The third-order valence-corrected chi connectivity index (χ3v) is 4.35. The summed E-state index contributed by atoms with van der Waals surface area (Å²) >= 11 is 0. The molecular weight excluding hydrogens is 276 g/mol. The Balaban J connectivity index is 3.23. The molecule has 0 radical (unpaired) electrons. The normalized spacial score (nSPS) is 13.6. The van der Waals surface area contributed by atoms with Crippen LogP contribution in [0.1, 0.15) is 84.0 Å². The number of rotatable bonds is 14. The van der Waals surface area contributed by atoms with Crippen LogP contribution in [-0.2, 0) is 10.1 Å². The second-order valence-electron chi connectivity index (χ2n) is 5.70. The lowest BCUT2D eigenvalue weighted by molar-refractivity contribution is 0.156. The van der Waals surface area contributed by atoms with Crippen molar-refractivity contribution in [3.05, 3.63) is 0 Å². The van der Waals surface area contributed by atoms with Crippen LogP contribution in [0.4, 0.5) is 0 Å². The summed E-state index contributed by atoms with van der Waals surface area (Å²) in [5.74, 6) is -0.341. The van der Waals surface area contributed by atoms with E-state index < -0.39 is 16.2 Å². The van der Waals surface area contributed by atoms with Crippen molar-refractivity contribution < 1.29 is 18.1 Å². The van der Waals surface area contributed by atoms with Crippen LogP contribution in [0.2, 0.25) is 0 Å². The van der Waals surface area contributed by atoms with Gasteiger partial charge in [0.25, 0.3) is 10.1 Å². The molecule has 0 amide bonds. The van der Waals surface area contributed by atoms with Gasteiger partial charge in [0.05, 0.1) is 11.9 Å². The van der Waals surface area contributed by atoms with Crippen LogP contribution in [0.15, 0.2) is 0 Å². The molecule has 1 unspecified atom stereocenters. The summed E-state index contributed by atoms with van der Waals surface area (Å²) in [5, 5.41) is 9.56. The van der Waals surface area contributed by atoms with Gasteiger partial charge in [-0.15, -0.1) is 0 Å². The van der Waals surface area contributed by atoms with Crippen molar-refractivity contribution in [3.63, 3.8) is 0 Å². The zero-order valence-corrected chi connectivity index (χ0v) is 13.7. The van der Waals surface area contributed by atoms with Gasteiger partial charge in [-0.25, -0.2) is 0 Å². The summed E-state index contributed by atoms with van der Waals surface area (Å²) in [6, 6.07) is 0. The number of aliphatic hydroxyl groups excluding tert-OH is 1. The van der Waals surface area contributed by atoms with Crippen molar-refractivity contribution in [1.82, 2.24) is 0 Å². The molecule has 4 nitrogen and oxygen atoms in total. The average Bonchev–Trinajstić information content (AvgIpc) is 2.38. The zero-order chi connectivity index (χ0) is 15.3. The maximum atomic E-state index is 10.5. The molecule has 0 spiro atoms. The molecular formula is C15H32O4S. The van der Waals surface area contributed by atoms with E-state index in [0.29, 0.717) is 6.42 Å². The fourth-order valence-corrected chi connectivity index (χ4v) is 2.87. The smallest absolute Gasteiger partial charge is 0.264 e. The van der Waals surface area contributed by atoms with Crippen molar-refractivity contribution >= 4 is 10.1 Å². The summed E-state index contributed by atoms with van der Waals surface area (Å²) in [6.45, 7) is 2.23. The van der Waals surface area contributed by atoms with Gasteiger partial charge >= 0.3 is 0 Å². The van der Waals surface area contributed by atoms with Gasteiger partial charge in [-0.1, -0.05) is 71.1 Å². The minimum absolute atomic E-state index is 0.135. The first-order valence-electron chi connectivity index (χ1n) is 8.09. The van der Waals surface area contributed by atoms with E-state index in [0.717, 1.165) is 12.8 Å². The Morgan fingerprint density at radius 3 is 1.70 bits per heavy atom. The Morgan fingerprint density at radius 2 is 1.25 bits per heavy atom. The third-order valence-electron chi connectivity index (χ3n) is 3.60. The van der Waals surface area contributed by atoms with E-state index in [-0.39, 0.29) is 12.2 Å². The summed E-state index contributed by atoms with van der Waals surface area (Å²) in [6.07, 6.45) is 12.6. The van der Waals surface area contributed by atoms with Crippen LogP contribution >= 0.6 is 0 Å². The SMILES string of the molecule is CCCCCCCCCCCCC(O)CCS(=O)(=O)O. The Labute approximate surface area is 124 Å². The van der Waals surface area contributed by atoms with Crippen LogP contribution in [-0.4, -0.2) is 29.9 Å². The summed E-state index contributed by atoms with van der Waals surface area (Å²) < 4.78 is 29.6. The highest BCUT2D eigenvalue weighted by Gasteiger charge is 2.10. The van der Waals surface area contributed by atoms with Crippen molar-refractivity contribution in [2.45, 2.75) is 90.1 Å². The summed E-state index contributed by atoms with van der Waals surface area (Å²) in [5.41, 5.74) is 0. The maximum absolute atomic E-state index is 10.5. The quantitative estimate of drug-likeness (QED) is 0.376. The maximum Gasteiger partial charge on any atom is 0.264 e. The second-order valence-corrected chi connectivity index (χ2v) is 7.27. The van der Waals surface area contributed by atoms with Crippen LogP contribution in [0.25, 0.3) is 0 Å². The predicted octanol–water partition coefficient (Wildman–Crippen LogP) is 3.94. The largest absolute Gasteiger partial charge is 0.393 e. The third kappa shape index (κ3) is 15.9. The highest BCUT2D eigenvalue weighted by molar-refractivity contribution is 7.85. The van der Waals surface area contributed by atoms with Crippen LogP contribution in [0.5, 0.6) is 0 Å². The minimum Gasteiger partial charge on any atom is -0.393 e. The van der Waals surface area contributed by atoms with Crippen LogP contribution in [0.3, 0.4) is 0 Å². The second kappa shape index (κ2) is 12.6. The lowest BCUT2D eigenvalue weighted by Gasteiger charge is -2.09. The van der Waals surface area contributed by atoms with E-state index in [1.807, 2.05) is 0 Å². The van der Waals surface area contributed by atoms with E-state index in [1.165, 1.54) is 51.4 Å². The predicted molar refractivity (Wildman–Crippen MR) is 83.5 cm³/mol. The van der Waals surface area contributed by atoms with E-state index in [9.17, 15) is 13.5 Å².